The zero-order valence-electron chi connectivity index (χ0n) is 17.3. The first-order valence-electron chi connectivity index (χ1n) is 10.5. The van der Waals surface area contributed by atoms with E-state index in [1.807, 2.05) is 0 Å². The summed E-state index contributed by atoms with van der Waals surface area (Å²) in [5.41, 5.74) is 6.76. The Morgan fingerprint density at radius 2 is 1.86 bits per heavy atom. The summed E-state index contributed by atoms with van der Waals surface area (Å²) in [7, 11) is 0. The molecule has 0 bridgehead atoms. The van der Waals surface area contributed by atoms with E-state index in [0.717, 1.165) is 5.84 Å². The van der Waals surface area contributed by atoms with Crippen molar-refractivity contribution in [3.63, 3.8) is 0 Å². The summed E-state index contributed by atoms with van der Waals surface area (Å²) in [5, 5.41) is 5.38. The van der Waals surface area contributed by atoms with Gasteiger partial charge in [-0.05, 0) is 70.2 Å². The van der Waals surface area contributed by atoms with E-state index < -0.39 is 0 Å². The molecule has 2 heterocycles. The highest BCUT2D eigenvalue weighted by Crippen LogP contribution is 2.43. The predicted octanol–water partition coefficient (Wildman–Crippen LogP) is 5.72. The number of aromatic nitrogens is 1. The molecule has 1 aliphatic heterocycles. The van der Waals surface area contributed by atoms with Crippen LogP contribution in [0.4, 0.5) is 0 Å². The maximum absolute atomic E-state index is 5.26. The minimum atomic E-state index is -0.139. The Bertz CT molecular complexity index is 1070. The van der Waals surface area contributed by atoms with Crippen LogP contribution in [0, 0.1) is 6.92 Å². The first kappa shape index (κ1) is 17.7. The molecule has 0 amide bonds. The summed E-state index contributed by atoms with van der Waals surface area (Å²) in [6, 6.07) is 18.2. The van der Waals surface area contributed by atoms with Gasteiger partial charge in [0.25, 0.3) is 0 Å². The number of nitrogens with zero attached hydrogens (tertiary/aromatic N) is 2. The third-order valence-electron chi connectivity index (χ3n) is 5.96. The third-order valence-corrected chi connectivity index (χ3v) is 5.96. The van der Waals surface area contributed by atoms with E-state index in [-0.39, 0.29) is 11.6 Å². The number of rotatable bonds is 1. The SMILES string of the molecule is Cc1ccc2c(c1)c1c3n2C(=NC(C)(C)C)C(c2ccccc2)NC3CCC1. The maximum atomic E-state index is 5.26. The molecule has 5 rings (SSSR count). The summed E-state index contributed by atoms with van der Waals surface area (Å²) < 4.78 is 2.49. The highest BCUT2D eigenvalue weighted by atomic mass is 15.2. The third kappa shape index (κ3) is 2.80. The van der Waals surface area contributed by atoms with Gasteiger partial charge in [-0.15, -0.1) is 0 Å². The number of aryl methyl sites for hydroxylation is 2. The number of aliphatic imine (C=N–C) groups is 1. The molecule has 0 saturated carbocycles. The standard InChI is InChI=1S/C25H29N3/c1-16-13-14-21-19(15-16)18-11-8-12-20-23(18)28(21)24(27-25(2,3)4)22(26-20)17-9-6-5-7-10-17/h5-7,9-10,13-15,20,22,26H,8,11-12H2,1-4H3. The van der Waals surface area contributed by atoms with Crippen LogP contribution in [0.15, 0.2) is 53.5 Å². The van der Waals surface area contributed by atoms with Gasteiger partial charge in [-0.2, -0.15) is 0 Å². The molecule has 1 N–H and O–H groups in total. The van der Waals surface area contributed by atoms with E-state index in [4.69, 9.17) is 4.99 Å². The number of hydrogen-bond donors (Lipinski definition) is 1. The van der Waals surface area contributed by atoms with Crippen molar-refractivity contribution < 1.29 is 0 Å². The van der Waals surface area contributed by atoms with Gasteiger partial charge in [-0.3, -0.25) is 14.9 Å². The molecule has 2 atom stereocenters. The van der Waals surface area contributed by atoms with Gasteiger partial charge in [0.15, 0.2) is 0 Å². The Morgan fingerprint density at radius 3 is 2.61 bits per heavy atom. The van der Waals surface area contributed by atoms with Crippen LogP contribution in [0.5, 0.6) is 0 Å². The maximum Gasteiger partial charge on any atom is 0.130 e. The van der Waals surface area contributed by atoms with Gasteiger partial charge in [0.1, 0.15) is 5.84 Å². The smallest absolute Gasteiger partial charge is 0.130 e. The second-order valence-electron chi connectivity index (χ2n) is 9.32. The molecule has 2 aliphatic rings. The van der Waals surface area contributed by atoms with Crippen LogP contribution < -0.4 is 5.32 Å². The average molecular weight is 372 g/mol. The predicted molar refractivity (Wildman–Crippen MR) is 117 cm³/mol. The fourth-order valence-corrected chi connectivity index (χ4v) is 4.90. The molecular weight excluding hydrogens is 342 g/mol. The van der Waals surface area contributed by atoms with Crippen LogP contribution in [0.3, 0.4) is 0 Å². The van der Waals surface area contributed by atoms with E-state index in [1.165, 1.54) is 52.5 Å². The van der Waals surface area contributed by atoms with Crippen molar-refractivity contribution in [3.05, 3.63) is 70.9 Å². The van der Waals surface area contributed by atoms with Crippen LogP contribution in [0.25, 0.3) is 10.9 Å². The van der Waals surface area contributed by atoms with E-state index in [9.17, 15) is 0 Å². The Kier molecular flexibility index (Phi) is 3.99. The van der Waals surface area contributed by atoms with Crippen LogP contribution >= 0.6 is 0 Å². The van der Waals surface area contributed by atoms with Crippen molar-refractivity contribution >= 4 is 16.7 Å². The monoisotopic (exact) mass is 371 g/mol. The quantitative estimate of drug-likeness (QED) is 0.583. The van der Waals surface area contributed by atoms with Gasteiger partial charge in [0.05, 0.1) is 17.1 Å². The van der Waals surface area contributed by atoms with Crippen molar-refractivity contribution in [2.45, 2.75) is 64.6 Å². The topological polar surface area (TPSA) is 29.3 Å². The molecule has 2 aromatic carbocycles. The molecule has 144 valence electrons. The first-order valence-corrected chi connectivity index (χ1v) is 10.5. The van der Waals surface area contributed by atoms with Gasteiger partial charge in [0.2, 0.25) is 0 Å². The molecule has 2 unspecified atom stereocenters. The Hall–Kier alpha value is -2.39. The molecule has 3 nitrogen and oxygen atoms in total. The molecule has 0 fully saturated rings. The van der Waals surface area contributed by atoms with Crippen molar-refractivity contribution in [3.8, 4) is 0 Å². The fourth-order valence-electron chi connectivity index (χ4n) is 4.90. The van der Waals surface area contributed by atoms with E-state index in [2.05, 4.69) is 86.1 Å². The Morgan fingerprint density at radius 1 is 1.07 bits per heavy atom. The van der Waals surface area contributed by atoms with Gasteiger partial charge in [-0.25, -0.2) is 0 Å². The summed E-state index contributed by atoms with van der Waals surface area (Å²) in [6.45, 7) is 8.77. The average Bonchev–Trinajstić information content (AvgIpc) is 2.99. The zero-order valence-corrected chi connectivity index (χ0v) is 17.3. The van der Waals surface area contributed by atoms with Crippen LogP contribution in [0.2, 0.25) is 0 Å². The molecule has 3 heteroatoms. The largest absolute Gasteiger partial charge is 0.298 e. The molecule has 0 spiro atoms. The van der Waals surface area contributed by atoms with E-state index in [1.54, 1.807) is 0 Å². The van der Waals surface area contributed by atoms with Crippen LogP contribution in [-0.4, -0.2) is 15.9 Å². The normalized spacial score (nSPS) is 23.2. The number of hydrogen-bond acceptors (Lipinski definition) is 2. The molecule has 1 aromatic heterocycles. The number of nitrogens with one attached hydrogen (secondary N) is 1. The lowest BCUT2D eigenvalue weighted by Crippen LogP contribution is -2.44. The minimum absolute atomic E-state index is 0.112. The lowest BCUT2D eigenvalue weighted by Gasteiger charge is -2.38. The van der Waals surface area contributed by atoms with Crippen molar-refractivity contribution in [1.82, 2.24) is 9.88 Å². The summed E-state index contributed by atoms with van der Waals surface area (Å²) in [5.74, 6) is 1.13. The molecule has 0 radical (unpaired) electrons. The van der Waals surface area contributed by atoms with Crippen molar-refractivity contribution in [1.29, 1.82) is 0 Å². The summed E-state index contributed by atoms with van der Waals surface area (Å²) in [6.07, 6.45) is 3.60. The molecule has 0 saturated heterocycles. The fraction of sp³-hybridized carbons (Fsp3) is 0.400. The van der Waals surface area contributed by atoms with Crippen molar-refractivity contribution in [2.75, 3.05) is 0 Å². The van der Waals surface area contributed by atoms with Crippen LogP contribution in [-0.2, 0) is 6.42 Å². The second kappa shape index (κ2) is 6.31. The van der Waals surface area contributed by atoms with Gasteiger partial charge >= 0.3 is 0 Å². The molecule has 1 aliphatic carbocycles. The van der Waals surface area contributed by atoms with Gasteiger partial charge in [0, 0.05) is 17.1 Å². The second-order valence-corrected chi connectivity index (χ2v) is 9.32. The van der Waals surface area contributed by atoms with E-state index in [0.29, 0.717) is 6.04 Å². The van der Waals surface area contributed by atoms with Crippen molar-refractivity contribution in [2.24, 2.45) is 4.99 Å². The first-order chi connectivity index (χ1) is 13.4. The van der Waals surface area contributed by atoms with E-state index >= 15 is 0 Å². The number of benzene rings is 2. The lowest BCUT2D eigenvalue weighted by atomic mass is 9.88. The molecular formula is C25H29N3. The van der Waals surface area contributed by atoms with Gasteiger partial charge < -0.3 is 0 Å². The van der Waals surface area contributed by atoms with Gasteiger partial charge in [-0.1, -0.05) is 42.0 Å². The lowest BCUT2D eigenvalue weighted by molar-refractivity contribution is 0.405. The van der Waals surface area contributed by atoms with Crippen LogP contribution in [0.1, 0.15) is 68.1 Å². The highest BCUT2D eigenvalue weighted by Gasteiger charge is 2.38. The minimum Gasteiger partial charge on any atom is -0.298 e. The Balaban J connectivity index is 1.83. The molecule has 28 heavy (non-hydrogen) atoms. The number of fused-ring (bicyclic) bond motifs is 3. The summed E-state index contributed by atoms with van der Waals surface area (Å²) in [4.78, 5) is 5.26. The summed E-state index contributed by atoms with van der Waals surface area (Å²) >= 11 is 0. The highest BCUT2D eigenvalue weighted by molar-refractivity contribution is 6.02. The Labute approximate surface area is 167 Å². The zero-order chi connectivity index (χ0) is 19.5. The molecule has 3 aromatic rings.